The molecule has 4 aromatic rings. The lowest BCUT2D eigenvalue weighted by molar-refractivity contribution is 0.0947. The molecular formula is C31H28N4O4. The quantitative estimate of drug-likeness (QED) is 0.155. The Morgan fingerprint density at radius 3 is 1.38 bits per heavy atom. The van der Waals surface area contributed by atoms with Gasteiger partial charge in [-0.05, 0) is 48.5 Å². The number of para-hydroxylation sites is 2. The third kappa shape index (κ3) is 8.40. The summed E-state index contributed by atoms with van der Waals surface area (Å²) in [4.78, 5) is 24.3. The maximum absolute atomic E-state index is 12.2. The van der Waals surface area contributed by atoms with Crippen LogP contribution in [-0.4, -0.2) is 37.5 Å². The molecule has 0 saturated carbocycles. The van der Waals surface area contributed by atoms with Crippen molar-refractivity contribution >= 4 is 24.2 Å². The van der Waals surface area contributed by atoms with Crippen molar-refractivity contribution in [1.82, 2.24) is 10.9 Å². The molecule has 0 aliphatic heterocycles. The zero-order valence-electron chi connectivity index (χ0n) is 21.2. The molecule has 8 heteroatoms. The summed E-state index contributed by atoms with van der Waals surface area (Å²) in [6.45, 7) is 0.842. The Bertz CT molecular complexity index is 1310. The maximum Gasteiger partial charge on any atom is 0.271 e. The van der Waals surface area contributed by atoms with E-state index in [2.05, 4.69) is 21.1 Å². The van der Waals surface area contributed by atoms with Gasteiger partial charge in [0.25, 0.3) is 11.8 Å². The Hall–Kier alpha value is -5.24. The van der Waals surface area contributed by atoms with Crippen LogP contribution in [0.1, 0.15) is 38.3 Å². The van der Waals surface area contributed by atoms with Crippen LogP contribution in [0.3, 0.4) is 0 Å². The normalized spacial score (nSPS) is 10.9. The van der Waals surface area contributed by atoms with Crippen molar-refractivity contribution in [2.24, 2.45) is 10.2 Å². The number of nitrogens with one attached hydrogen (secondary N) is 2. The summed E-state index contributed by atoms with van der Waals surface area (Å²) < 4.78 is 11.8. The second-order valence-corrected chi connectivity index (χ2v) is 8.26. The van der Waals surface area contributed by atoms with Crippen molar-refractivity contribution in [3.63, 3.8) is 0 Å². The van der Waals surface area contributed by atoms with Crippen LogP contribution < -0.4 is 20.3 Å². The molecule has 0 atom stereocenters. The summed E-state index contributed by atoms with van der Waals surface area (Å²) >= 11 is 0. The number of benzene rings is 4. The average Bonchev–Trinajstić information content (AvgIpc) is 2.99. The minimum atomic E-state index is -0.286. The Balaban J connectivity index is 1.23. The fourth-order valence-corrected chi connectivity index (χ4v) is 3.49. The monoisotopic (exact) mass is 520 g/mol. The molecule has 0 aliphatic carbocycles. The summed E-state index contributed by atoms with van der Waals surface area (Å²) in [6.07, 6.45) is 3.74. The van der Waals surface area contributed by atoms with Gasteiger partial charge in [0, 0.05) is 28.7 Å². The molecule has 0 unspecified atom stereocenters. The predicted molar refractivity (Wildman–Crippen MR) is 151 cm³/mol. The zero-order chi connectivity index (χ0) is 27.1. The fourth-order valence-electron chi connectivity index (χ4n) is 3.49. The van der Waals surface area contributed by atoms with E-state index in [4.69, 9.17) is 9.47 Å². The molecule has 4 aromatic carbocycles. The lowest BCUT2D eigenvalue weighted by Crippen LogP contribution is -2.17. The van der Waals surface area contributed by atoms with Gasteiger partial charge in [-0.2, -0.15) is 10.2 Å². The van der Waals surface area contributed by atoms with Gasteiger partial charge in [-0.1, -0.05) is 60.7 Å². The number of amides is 2. The molecule has 196 valence electrons. The highest BCUT2D eigenvalue weighted by atomic mass is 16.5. The van der Waals surface area contributed by atoms with E-state index in [0.717, 1.165) is 11.1 Å². The van der Waals surface area contributed by atoms with Crippen LogP contribution in [-0.2, 0) is 0 Å². The molecular weight excluding hydrogens is 492 g/mol. The van der Waals surface area contributed by atoms with Crippen LogP contribution >= 0.6 is 0 Å². The van der Waals surface area contributed by atoms with E-state index in [1.54, 1.807) is 61.0 Å². The van der Waals surface area contributed by atoms with E-state index < -0.39 is 0 Å². The van der Waals surface area contributed by atoms with E-state index in [9.17, 15) is 9.59 Å². The molecule has 2 N–H and O–H groups in total. The number of carbonyl (C=O) groups is 2. The van der Waals surface area contributed by atoms with Gasteiger partial charge in [-0.3, -0.25) is 9.59 Å². The molecule has 2 amide bonds. The highest BCUT2D eigenvalue weighted by molar-refractivity contribution is 5.95. The Labute approximate surface area is 227 Å². The van der Waals surface area contributed by atoms with Crippen LogP contribution in [0, 0.1) is 0 Å². The van der Waals surface area contributed by atoms with E-state index >= 15 is 0 Å². The van der Waals surface area contributed by atoms with Gasteiger partial charge >= 0.3 is 0 Å². The molecule has 0 aromatic heterocycles. The minimum absolute atomic E-state index is 0.286. The van der Waals surface area contributed by atoms with Gasteiger partial charge < -0.3 is 9.47 Å². The van der Waals surface area contributed by atoms with Crippen molar-refractivity contribution in [1.29, 1.82) is 0 Å². The third-order valence-electron chi connectivity index (χ3n) is 5.45. The number of hydrazone groups is 2. The van der Waals surface area contributed by atoms with E-state index in [1.165, 1.54) is 0 Å². The van der Waals surface area contributed by atoms with Gasteiger partial charge in [-0.25, -0.2) is 10.9 Å². The molecule has 0 saturated heterocycles. The summed E-state index contributed by atoms with van der Waals surface area (Å²) in [5, 5.41) is 8.11. The van der Waals surface area contributed by atoms with Crippen molar-refractivity contribution in [3.8, 4) is 11.5 Å². The molecule has 0 heterocycles. The van der Waals surface area contributed by atoms with E-state index in [0.29, 0.717) is 42.3 Å². The van der Waals surface area contributed by atoms with E-state index in [1.807, 2.05) is 60.7 Å². The molecule has 0 aliphatic rings. The predicted octanol–water partition coefficient (Wildman–Crippen LogP) is 5.06. The topological polar surface area (TPSA) is 101 Å². The summed E-state index contributed by atoms with van der Waals surface area (Å²) in [5.74, 6) is 0.728. The van der Waals surface area contributed by atoms with Gasteiger partial charge in [0.2, 0.25) is 0 Å². The first-order chi connectivity index (χ1) is 19.2. The van der Waals surface area contributed by atoms with Gasteiger partial charge in [0.05, 0.1) is 25.6 Å². The second-order valence-electron chi connectivity index (χ2n) is 8.26. The van der Waals surface area contributed by atoms with Gasteiger partial charge in [0.1, 0.15) is 11.5 Å². The van der Waals surface area contributed by atoms with Crippen LogP contribution in [0.25, 0.3) is 0 Å². The van der Waals surface area contributed by atoms with Crippen molar-refractivity contribution in [3.05, 3.63) is 131 Å². The van der Waals surface area contributed by atoms with Crippen molar-refractivity contribution < 1.29 is 19.1 Å². The van der Waals surface area contributed by atoms with Gasteiger partial charge in [0.15, 0.2) is 0 Å². The Kier molecular flexibility index (Phi) is 9.96. The molecule has 8 nitrogen and oxygen atoms in total. The maximum atomic E-state index is 12.2. The largest absolute Gasteiger partial charge is 0.493 e. The standard InChI is InChI=1S/C31H28N4O4/c36-30(24-12-3-1-4-13-24)34-32-22-26-16-7-9-18-28(26)38-20-11-21-39-29-19-10-8-17-27(29)23-33-35-31(37)25-14-5-2-6-15-25/h1-10,12-19,22-23H,11,20-21H2,(H,34,36)(H,35,37)/b32-22+,33-23+. The molecule has 0 radical (unpaired) electrons. The average molecular weight is 521 g/mol. The summed E-state index contributed by atoms with van der Waals surface area (Å²) in [7, 11) is 0. The first-order valence-corrected chi connectivity index (χ1v) is 12.4. The zero-order valence-corrected chi connectivity index (χ0v) is 21.2. The smallest absolute Gasteiger partial charge is 0.271 e. The Morgan fingerprint density at radius 1 is 0.564 bits per heavy atom. The molecule has 39 heavy (non-hydrogen) atoms. The number of carbonyl (C=O) groups excluding carboxylic acids is 2. The number of hydrogen-bond acceptors (Lipinski definition) is 6. The van der Waals surface area contributed by atoms with Crippen LogP contribution in [0.15, 0.2) is 119 Å². The van der Waals surface area contributed by atoms with Crippen LogP contribution in [0.5, 0.6) is 11.5 Å². The minimum Gasteiger partial charge on any atom is -0.493 e. The van der Waals surface area contributed by atoms with Gasteiger partial charge in [-0.15, -0.1) is 0 Å². The summed E-state index contributed by atoms with van der Waals surface area (Å²) in [6, 6.07) is 32.7. The lowest BCUT2D eigenvalue weighted by atomic mass is 10.2. The van der Waals surface area contributed by atoms with Crippen molar-refractivity contribution in [2.45, 2.75) is 6.42 Å². The molecule has 0 spiro atoms. The van der Waals surface area contributed by atoms with Crippen LogP contribution in [0.4, 0.5) is 0 Å². The molecule has 4 rings (SSSR count). The number of rotatable bonds is 12. The highest BCUT2D eigenvalue weighted by Gasteiger charge is 2.06. The molecule has 0 bridgehead atoms. The lowest BCUT2D eigenvalue weighted by Gasteiger charge is -2.11. The van der Waals surface area contributed by atoms with Crippen molar-refractivity contribution in [2.75, 3.05) is 13.2 Å². The SMILES string of the molecule is O=C(N/N=C/c1ccccc1OCCCOc1ccccc1/C=N/NC(=O)c1ccccc1)c1ccccc1. The Morgan fingerprint density at radius 2 is 0.949 bits per heavy atom. The highest BCUT2D eigenvalue weighted by Crippen LogP contribution is 2.18. The molecule has 0 fully saturated rings. The number of nitrogens with zero attached hydrogens (tertiary/aromatic N) is 2. The third-order valence-corrected chi connectivity index (χ3v) is 5.45. The van der Waals surface area contributed by atoms with Crippen LogP contribution in [0.2, 0.25) is 0 Å². The summed E-state index contributed by atoms with van der Waals surface area (Å²) in [5.41, 5.74) is 7.60. The van der Waals surface area contributed by atoms with E-state index in [-0.39, 0.29) is 11.8 Å². The first kappa shape index (κ1) is 26.8. The first-order valence-electron chi connectivity index (χ1n) is 12.4. The number of ether oxygens (including phenoxy) is 2. The number of hydrogen-bond donors (Lipinski definition) is 2. The fraction of sp³-hybridized carbons (Fsp3) is 0.0968. The second kappa shape index (κ2) is 14.5.